The van der Waals surface area contributed by atoms with Crippen molar-refractivity contribution in [3.05, 3.63) is 82.4 Å². The average Bonchev–Trinajstić information content (AvgIpc) is 3.29. The fourth-order valence-electron chi connectivity index (χ4n) is 4.89. The largest absolute Gasteiger partial charge is 0.469 e. The van der Waals surface area contributed by atoms with E-state index in [-0.39, 0.29) is 30.3 Å². The number of ether oxygens (including phenoxy) is 1. The van der Waals surface area contributed by atoms with E-state index in [0.717, 1.165) is 48.3 Å². The number of aromatic nitrogens is 2. The van der Waals surface area contributed by atoms with Crippen molar-refractivity contribution in [2.24, 2.45) is 11.8 Å². The Morgan fingerprint density at radius 1 is 1.03 bits per heavy atom. The van der Waals surface area contributed by atoms with Crippen molar-refractivity contribution in [1.29, 1.82) is 0 Å². The number of halogens is 1. The van der Waals surface area contributed by atoms with Gasteiger partial charge >= 0.3 is 5.97 Å². The van der Waals surface area contributed by atoms with E-state index in [1.54, 1.807) is 0 Å². The molecule has 3 rings (SSSR count). The molecular formula is C31H40ClN3O4. The van der Waals surface area contributed by atoms with Crippen LogP contribution in [0.1, 0.15) is 68.6 Å². The summed E-state index contributed by atoms with van der Waals surface area (Å²) >= 11 is 6.29. The van der Waals surface area contributed by atoms with Crippen molar-refractivity contribution >= 4 is 23.5 Å². The monoisotopic (exact) mass is 553 g/mol. The first-order chi connectivity index (χ1) is 18.9. The third-order valence-corrected chi connectivity index (χ3v) is 7.30. The lowest BCUT2D eigenvalue weighted by Crippen LogP contribution is -2.33. The zero-order valence-electron chi connectivity index (χ0n) is 23.2. The summed E-state index contributed by atoms with van der Waals surface area (Å²) in [5.41, 5.74) is 3.43. The molecule has 1 unspecified atom stereocenters. The van der Waals surface area contributed by atoms with E-state index in [4.69, 9.17) is 16.3 Å². The van der Waals surface area contributed by atoms with Crippen molar-refractivity contribution in [3.8, 4) is 5.69 Å². The van der Waals surface area contributed by atoms with Crippen LogP contribution in [0.15, 0.2) is 54.6 Å². The maximum absolute atomic E-state index is 13.2. The number of methoxy groups -OCH3 is 1. The van der Waals surface area contributed by atoms with Crippen LogP contribution < -0.4 is 5.32 Å². The first-order valence-electron chi connectivity index (χ1n) is 13.8. The molecule has 0 spiro atoms. The molecule has 2 aromatic carbocycles. The summed E-state index contributed by atoms with van der Waals surface area (Å²) in [5.74, 6) is -0.200. The van der Waals surface area contributed by atoms with Gasteiger partial charge < -0.3 is 15.2 Å². The van der Waals surface area contributed by atoms with Crippen LogP contribution in [0, 0.1) is 11.8 Å². The highest BCUT2D eigenvalue weighted by atomic mass is 35.5. The minimum atomic E-state index is -0.386. The molecule has 0 aliphatic carbocycles. The molecule has 0 saturated carbocycles. The van der Waals surface area contributed by atoms with Crippen LogP contribution in [0.4, 0.5) is 0 Å². The van der Waals surface area contributed by atoms with Crippen LogP contribution in [0.25, 0.3) is 5.69 Å². The molecule has 1 amide bonds. The molecule has 8 heteroatoms. The minimum Gasteiger partial charge on any atom is -0.469 e. The van der Waals surface area contributed by atoms with Crippen molar-refractivity contribution < 1.29 is 19.4 Å². The number of esters is 1. The lowest BCUT2D eigenvalue weighted by molar-refractivity contribution is -0.146. The van der Waals surface area contributed by atoms with Crippen LogP contribution in [-0.4, -0.2) is 33.6 Å². The number of unbranched alkanes of at least 4 members (excludes halogenated alkanes) is 1. The summed E-state index contributed by atoms with van der Waals surface area (Å²) in [6, 6.07) is 17.6. The fraction of sp³-hybridized carbons (Fsp3) is 0.452. The zero-order chi connectivity index (χ0) is 28.2. The summed E-state index contributed by atoms with van der Waals surface area (Å²) < 4.78 is 6.98. The topological polar surface area (TPSA) is 93.5 Å². The van der Waals surface area contributed by atoms with Gasteiger partial charge in [0.25, 0.3) is 0 Å². The van der Waals surface area contributed by atoms with E-state index in [0.29, 0.717) is 36.7 Å². The molecular weight excluding hydrogens is 514 g/mol. The second-order valence-electron chi connectivity index (χ2n) is 9.88. The number of amides is 1. The van der Waals surface area contributed by atoms with Crippen LogP contribution in [0.2, 0.25) is 5.15 Å². The molecule has 0 bridgehead atoms. The molecule has 0 fully saturated rings. The van der Waals surface area contributed by atoms with Crippen LogP contribution in [0.5, 0.6) is 0 Å². The standard InChI is InChI=1S/C31H40ClN3O4/c1-4-6-13-28-34-29(32)27(21-36)35(28)26-16-14-23(15-17-26)20-33-30(37)24(10-5-2)19-25(31(38)39-3)18-22-11-8-7-9-12-22/h7-9,11-12,14-17,24-25,36H,4-6,10,13,18-21H2,1-3H3,(H,33,37)/t24?,25-/m0/s1. The SMILES string of the molecule is CCCCc1nc(Cl)c(CO)n1-c1ccc(CNC(=O)C(CCC)C[C@H](Cc2ccccc2)C(=O)OC)cc1. The fourth-order valence-corrected chi connectivity index (χ4v) is 5.13. The van der Waals surface area contributed by atoms with Gasteiger partial charge in [0.1, 0.15) is 5.82 Å². The average molecular weight is 554 g/mol. The summed E-state index contributed by atoms with van der Waals surface area (Å²) in [6.45, 7) is 4.34. The normalized spacial score (nSPS) is 12.6. The highest BCUT2D eigenvalue weighted by Gasteiger charge is 2.28. The Hall–Kier alpha value is -3.16. The van der Waals surface area contributed by atoms with Gasteiger partial charge in [-0.3, -0.25) is 14.2 Å². The second kappa shape index (κ2) is 15.4. The number of aryl methyl sites for hydroxylation is 1. The zero-order valence-corrected chi connectivity index (χ0v) is 23.9. The molecule has 3 aromatic rings. The van der Waals surface area contributed by atoms with Crippen molar-refractivity contribution in [1.82, 2.24) is 14.9 Å². The Kier molecular flexibility index (Phi) is 12.0. The van der Waals surface area contributed by atoms with Crippen molar-refractivity contribution in [2.45, 2.75) is 71.9 Å². The molecule has 0 saturated heterocycles. The Balaban J connectivity index is 1.68. The maximum Gasteiger partial charge on any atom is 0.309 e. The Bertz CT molecular complexity index is 1190. The summed E-state index contributed by atoms with van der Waals surface area (Å²) in [6.07, 6.45) is 5.28. The van der Waals surface area contributed by atoms with Gasteiger partial charge in [-0.05, 0) is 48.9 Å². The Morgan fingerprint density at radius 3 is 2.36 bits per heavy atom. The molecule has 0 radical (unpaired) electrons. The number of hydrogen-bond acceptors (Lipinski definition) is 5. The number of aliphatic hydroxyl groups is 1. The third kappa shape index (κ3) is 8.41. The first kappa shape index (κ1) is 30.4. The van der Waals surface area contributed by atoms with E-state index in [1.165, 1.54) is 7.11 Å². The first-order valence-corrected chi connectivity index (χ1v) is 14.1. The summed E-state index contributed by atoms with van der Waals surface area (Å²) in [4.78, 5) is 30.2. The predicted molar refractivity (Wildman–Crippen MR) is 154 cm³/mol. The van der Waals surface area contributed by atoms with Gasteiger partial charge in [-0.1, -0.05) is 80.8 Å². The number of nitrogens with one attached hydrogen (secondary N) is 1. The van der Waals surface area contributed by atoms with Crippen LogP contribution in [-0.2, 0) is 40.3 Å². The van der Waals surface area contributed by atoms with Crippen LogP contribution >= 0.6 is 11.6 Å². The van der Waals surface area contributed by atoms with E-state index in [9.17, 15) is 14.7 Å². The van der Waals surface area contributed by atoms with Gasteiger partial charge in [0, 0.05) is 24.6 Å². The molecule has 0 aliphatic rings. The molecule has 1 heterocycles. The lowest BCUT2D eigenvalue weighted by Gasteiger charge is -2.22. The number of rotatable bonds is 15. The van der Waals surface area contributed by atoms with Gasteiger partial charge in [-0.25, -0.2) is 4.98 Å². The van der Waals surface area contributed by atoms with Gasteiger partial charge in [-0.2, -0.15) is 0 Å². The number of hydrogen-bond donors (Lipinski definition) is 2. The number of carbonyl (C=O) groups excluding carboxylic acids is 2. The number of nitrogens with zero attached hydrogens (tertiary/aromatic N) is 2. The van der Waals surface area contributed by atoms with Gasteiger partial charge in [-0.15, -0.1) is 0 Å². The summed E-state index contributed by atoms with van der Waals surface area (Å²) in [7, 11) is 1.40. The molecule has 2 N–H and O–H groups in total. The Morgan fingerprint density at radius 2 is 1.74 bits per heavy atom. The van der Waals surface area contributed by atoms with Gasteiger partial charge in [0.15, 0.2) is 5.15 Å². The molecule has 2 atom stereocenters. The molecule has 1 aromatic heterocycles. The second-order valence-corrected chi connectivity index (χ2v) is 10.2. The molecule has 210 valence electrons. The molecule has 7 nitrogen and oxygen atoms in total. The lowest BCUT2D eigenvalue weighted by atomic mass is 9.86. The van der Waals surface area contributed by atoms with E-state index in [1.807, 2.05) is 66.1 Å². The number of carbonyl (C=O) groups is 2. The van der Waals surface area contributed by atoms with E-state index < -0.39 is 0 Å². The molecule has 0 aliphatic heterocycles. The van der Waals surface area contributed by atoms with E-state index in [2.05, 4.69) is 17.2 Å². The number of imidazole rings is 1. The minimum absolute atomic E-state index is 0.0614. The van der Waals surface area contributed by atoms with E-state index >= 15 is 0 Å². The highest BCUT2D eigenvalue weighted by molar-refractivity contribution is 6.30. The van der Waals surface area contributed by atoms with Gasteiger partial charge in [0.2, 0.25) is 5.91 Å². The van der Waals surface area contributed by atoms with Crippen molar-refractivity contribution in [3.63, 3.8) is 0 Å². The molecule has 39 heavy (non-hydrogen) atoms. The highest BCUT2D eigenvalue weighted by Crippen LogP contribution is 2.25. The number of aliphatic hydroxyl groups excluding tert-OH is 1. The smallest absolute Gasteiger partial charge is 0.309 e. The quantitative estimate of drug-likeness (QED) is 0.231. The Labute approximate surface area is 236 Å². The third-order valence-electron chi connectivity index (χ3n) is 6.99. The predicted octanol–water partition coefficient (Wildman–Crippen LogP) is 5.82. The van der Waals surface area contributed by atoms with Gasteiger partial charge in [0.05, 0.1) is 25.3 Å². The van der Waals surface area contributed by atoms with Crippen LogP contribution in [0.3, 0.4) is 0 Å². The van der Waals surface area contributed by atoms with Crippen molar-refractivity contribution in [2.75, 3.05) is 7.11 Å². The summed E-state index contributed by atoms with van der Waals surface area (Å²) in [5, 5.41) is 13.3. The number of benzene rings is 2. The maximum atomic E-state index is 13.2.